The van der Waals surface area contributed by atoms with Gasteiger partial charge in [0.1, 0.15) is 11.7 Å². The number of aliphatic carboxylic acids is 1. The standard InChI is InChI=1S/C18H31NO3.C9H8O2/c1-11(2)18-8-13-12(3)6-7-14(13)17(4,22-18)15(9-18)21-16(20)10-19-5;10-9(11)7-6-8-4-2-1-3-5-8/h11-15,19H,6-10H2,1-5H3;1-7H,(H,10,11)/b;7-6+. The molecule has 6 heteroatoms. The van der Waals surface area contributed by atoms with E-state index in [1.54, 1.807) is 13.1 Å². The first kappa shape index (κ1) is 25.4. The zero-order valence-electron chi connectivity index (χ0n) is 20.5. The number of ether oxygens (including phenoxy) is 2. The van der Waals surface area contributed by atoms with Crippen LogP contribution in [0.4, 0.5) is 0 Å². The molecule has 3 fully saturated rings. The summed E-state index contributed by atoms with van der Waals surface area (Å²) in [5.74, 6) is 1.38. The number of carbonyl (C=O) groups is 2. The number of esters is 1. The van der Waals surface area contributed by atoms with E-state index in [4.69, 9.17) is 14.6 Å². The molecule has 2 bridgehead atoms. The minimum absolute atomic E-state index is 0.101. The van der Waals surface area contributed by atoms with Gasteiger partial charge >= 0.3 is 11.9 Å². The van der Waals surface area contributed by atoms with Crippen molar-refractivity contribution < 1.29 is 24.2 Å². The quantitative estimate of drug-likeness (QED) is 0.482. The van der Waals surface area contributed by atoms with E-state index in [-0.39, 0.29) is 29.8 Å². The van der Waals surface area contributed by atoms with Crippen LogP contribution in [0.5, 0.6) is 0 Å². The Kier molecular flexibility index (Phi) is 8.01. The summed E-state index contributed by atoms with van der Waals surface area (Å²) >= 11 is 0. The highest BCUT2D eigenvalue weighted by atomic mass is 16.6. The summed E-state index contributed by atoms with van der Waals surface area (Å²) in [6.07, 6.45) is 7.05. The lowest BCUT2D eigenvalue weighted by Gasteiger charge is -2.48. The highest BCUT2D eigenvalue weighted by Crippen LogP contribution is 2.62. The second-order valence-electron chi connectivity index (χ2n) is 10.3. The van der Waals surface area contributed by atoms with Crippen molar-refractivity contribution in [3.05, 3.63) is 42.0 Å². The number of fused-ring (bicyclic) bond motifs is 4. The largest absolute Gasteiger partial charge is 0.478 e. The predicted molar refractivity (Wildman–Crippen MR) is 129 cm³/mol. The Bertz CT molecular complexity index is 853. The topological polar surface area (TPSA) is 84.9 Å². The third-order valence-corrected chi connectivity index (χ3v) is 7.96. The molecular formula is C27H39NO5. The Labute approximate surface area is 197 Å². The summed E-state index contributed by atoms with van der Waals surface area (Å²) in [5.41, 5.74) is 0.482. The smallest absolute Gasteiger partial charge is 0.328 e. The summed E-state index contributed by atoms with van der Waals surface area (Å²) < 4.78 is 12.6. The van der Waals surface area contributed by atoms with E-state index in [0.717, 1.165) is 30.4 Å². The van der Waals surface area contributed by atoms with Crippen LogP contribution in [0.15, 0.2) is 36.4 Å². The number of rotatable bonds is 6. The lowest BCUT2D eigenvalue weighted by atomic mass is 9.72. The Hall–Kier alpha value is -2.18. The third kappa shape index (κ3) is 5.49. The Morgan fingerprint density at radius 2 is 1.94 bits per heavy atom. The Morgan fingerprint density at radius 3 is 2.55 bits per heavy atom. The molecule has 0 radical (unpaired) electrons. The van der Waals surface area contributed by atoms with Crippen molar-refractivity contribution in [2.45, 2.75) is 70.7 Å². The molecule has 182 valence electrons. The maximum absolute atomic E-state index is 12.0. The first-order chi connectivity index (χ1) is 15.6. The SMILES string of the molecule is CNCC(=O)OC1CC2(C(C)C)CC3C(C)CCC3C1(C)O2.O=C(O)/C=C/c1ccccc1. The van der Waals surface area contributed by atoms with Crippen molar-refractivity contribution in [1.82, 2.24) is 5.32 Å². The highest BCUT2D eigenvalue weighted by Gasteiger charge is 2.66. The van der Waals surface area contributed by atoms with Crippen molar-refractivity contribution >= 4 is 18.0 Å². The molecule has 2 aliphatic heterocycles. The molecule has 1 aromatic carbocycles. The van der Waals surface area contributed by atoms with Gasteiger partial charge in [0.05, 0.1) is 12.1 Å². The van der Waals surface area contributed by atoms with Gasteiger partial charge in [0.25, 0.3) is 0 Å². The van der Waals surface area contributed by atoms with Crippen LogP contribution in [0.25, 0.3) is 6.08 Å². The molecule has 2 saturated heterocycles. The van der Waals surface area contributed by atoms with Gasteiger partial charge in [0.15, 0.2) is 0 Å². The van der Waals surface area contributed by atoms with Crippen molar-refractivity contribution in [2.24, 2.45) is 23.7 Å². The van der Waals surface area contributed by atoms with Crippen LogP contribution in [0.2, 0.25) is 0 Å². The number of hydrogen-bond donors (Lipinski definition) is 2. The van der Waals surface area contributed by atoms with Gasteiger partial charge in [0.2, 0.25) is 0 Å². The number of carboxylic acid groups (broad SMARTS) is 1. The number of hydrogen-bond acceptors (Lipinski definition) is 5. The molecule has 0 amide bonds. The van der Waals surface area contributed by atoms with Crippen LogP contribution in [-0.2, 0) is 19.1 Å². The van der Waals surface area contributed by atoms with Gasteiger partial charge < -0.3 is 19.9 Å². The molecule has 33 heavy (non-hydrogen) atoms. The lowest BCUT2D eigenvalue weighted by Crippen LogP contribution is -2.53. The third-order valence-electron chi connectivity index (χ3n) is 7.96. The predicted octanol–water partition coefficient (Wildman–Crippen LogP) is 4.54. The van der Waals surface area contributed by atoms with Gasteiger partial charge in [-0.2, -0.15) is 0 Å². The second-order valence-corrected chi connectivity index (χ2v) is 10.3. The molecule has 2 N–H and O–H groups in total. The van der Waals surface area contributed by atoms with Gasteiger partial charge in [0, 0.05) is 12.5 Å². The Morgan fingerprint density at radius 1 is 1.24 bits per heavy atom. The fourth-order valence-electron chi connectivity index (χ4n) is 6.05. The van der Waals surface area contributed by atoms with Gasteiger partial charge in [-0.05, 0) is 62.1 Å². The highest BCUT2D eigenvalue weighted by molar-refractivity contribution is 5.85. The van der Waals surface area contributed by atoms with E-state index in [1.165, 1.54) is 12.8 Å². The molecule has 0 spiro atoms. The molecule has 2 heterocycles. The van der Waals surface area contributed by atoms with Crippen molar-refractivity contribution in [3.63, 3.8) is 0 Å². The van der Waals surface area contributed by atoms with Gasteiger partial charge in [-0.1, -0.05) is 57.5 Å². The van der Waals surface area contributed by atoms with Crippen molar-refractivity contribution in [3.8, 4) is 0 Å². The van der Waals surface area contributed by atoms with Crippen LogP contribution in [-0.4, -0.2) is 47.9 Å². The second kappa shape index (κ2) is 10.4. The summed E-state index contributed by atoms with van der Waals surface area (Å²) in [6.45, 7) is 9.35. The fourth-order valence-corrected chi connectivity index (χ4v) is 6.05. The van der Waals surface area contributed by atoms with E-state index >= 15 is 0 Å². The number of likely N-dealkylation sites (N-methyl/N-ethyl adjacent to an activating group) is 1. The first-order valence-electron chi connectivity index (χ1n) is 12.1. The Balaban J connectivity index is 0.000000235. The normalized spacial score (nSPS) is 34.6. The molecule has 1 aliphatic carbocycles. The summed E-state index contributed by atoms with van der Waals surface area (Å²) in [4.78, 5) is 22.1. The molecule has 6 nitrogen and oxygen atoms in total. The minimum Gasteiger partial charge on any atom is -0.478 e. The van der Waals surface area contributed by atoms with E-state index in [1.807, 2.05) is 30.3 Å². The summed E-state index contributed by atoms with van der Waals surface area (Å²) in [6, 6.07) is 9.31. The first-order valence-corrected chi connectivity index (χ1v) is 12.1. The van der Waals surface area contributed by atoms with Crippen LogP contribution in [0, 0.1) is 23.7 Å². The average Bonchev–Trinajstić information content (AvgIpc) is 3.25. The molecule has 6 atom stereocenters. The molecular weight excluding hydrogens is 418 g/mol. The molecule has 3 aliphatic rings. The van der Waals surface area contributed by atoms with Crippen molar-refractivity contribution in [1.29, 1.82) is 0 Å². The number of carbonyl (C=O) groups excluding carboxylic acids is 1. The monoisotopic (exact) mass is 457 g/mol. The number of carboxylic acids is 1. The summed E-state index contributed by atoms with van der Waals surface area (Å²) in [5, 5.41) is 11.2. The van der Waals surface area contributed by atoms with Gasteiger partial charge in [-0.15, -0.1) is 0 Å². The van der Waals surface area contributed by atoms with E-state index < -0.39 is 5.97 Å². The maximum atomic E-state index is 12.0. The van der Waals surface area contributed by atoms with Gasteiger partial charge in [-0.3, -0.25) is 4.79 Å². The summed E-state index contributed by atoms with van der Waals surface area (Å²) in [7, 11) is 1.77. The minimum atomic E-state index is -0.922. The molecule has 1 aromatic rings. The lowest BCUT2D eigenvalue weighted by molar-refractivity contribution is -0.214. The van der Waals surface area contributed by atoms with E-state index in [2.05, 4.69) is 33.0 Å². The van der Waals surface area contributed by atoms with Crippen LogP contribution < -0.4 is 5.32 Å². The van der Waals surface area contributed by atoms with E-state index in [0.29, 0.717) is 17.8 Å². The zero-order chi connectivity index (χ0) is 24.2. The molecule has 0 aromatic heterocycles. The number of benzene rings is 1. The molecule has 4 rings (SSSR count). The average molecular weight is 458 g/mol. The van der Waals surface area contributed by atoms with Crippen LogP contribution >= 0.6 is 0 Å². The van der Waals surface area contributed by atoms with Crippen molar-refractivity contribution in [2.75, 3.05) is 13.6 Å². The van der Waals surface area contributed by atoms with Crippen LogP contribution in [0.3, 0.4) is 0 Å². The van der Waals surface area contributed by atoms with E-state index in [9.17, 15) is 9.59 Å². The molecule has 1 saturated carbocycles. The van der Waals surface area contributed by atoms with Crippen LogP contribution in [0.1, 0.15) is 58.9 Å². The van der Waals surface area contributed by atoms with Gasteiger partial charge in [-0.25, -0.2) is 4.79 Å². The molecule has 6 unspecified atom stereocenters. The fraction of sp³-hybridized carbons (Fsp3) is 0.630. The number of nitrogens with one attached hydrogen (secondary N) is 1. The maximum Gasteiger partial charge on any atom is 0.328 e. The zero-order valence-corrected chi connectivity index (χ0v) is 20.5.